The Bertz CT molecular complexity index is 1010. The molecular formula is C17H19N7. The van der Waals surface area contributed by atoms with Crippen LogP contribution in [0, 0.1) is 12.8 Å². The van der Waals surface area contributed by atoms with E-state index in [9.17, 15) is 0 Å². The molecule has 4 heterocycles. The first-order valence-electron chi connectivity index (χ1n) is 8.01. The number of aromatic nitrogens is 6. The Morgan fingerprint density at radius 2 is 2.08 bits per heavy atom. The van der Waals surface area contributed by atoms with Gasteiger partial charge >= 0.3 is 0 Å². The van der Waals surface area contributed by atoms with Crippen LogP contribution in [0.5, 0.6) is 0 Å². The number of nitrogens with zero attached hydrogens (tertiary/aromatic N) is 5. The van der Waals surface area contributed by atoms with Gasteiger partial charge in [0.1, 0.15) is 5.65 Å². The van der Waals surface area contributed by atoms with E-state index in [-0.39, 0.29) is 0 Å². The lowest BCUT2D eigenvalue weighted by atomic mass is 10.2. The number of rotatable bonds is 4. The van der Waals surface area contributed by atoms with Crippen molar-refractivity contribution >= 4 is 22.6 Å². The molecule has 4 aromatic rings. The molecule has 122 valence electrons. The van der Waals surface area contributed by atoms with Gasteiger partial charge in [0.15, 0.2) is 5.65 Å². The molecule has 4 rings (SSSR count). The monoisotopic (exact) mass is 321 g/mol. The van der Waals surface area contributed by atoms with Gasteiger partial charge in [-0.25, -0.2) is 14.5 Å². The number of hydrogen-bond donors (Lipinski definition) is 2. The lowest BCUT2D eigenvalue weighted by Crippen LogP contribution is -2.10. The second-order valence-corrected chi connectivity index (χ2v) is 6.32. The molecule has 0 unspecified atom stereocenters. The zero-order chi connectivity index (χ0) is 16.7. The van der Waals surface area contributed by atoms with E-state index in [1.807, 2.05) is 42.2 Å². The molecule has 0 aliphatic carbocycles. The second kappa shape index (κ2) is 5.59. The third-order valence-corrected chi connectivity index (χ3v) is 3.91. The highest BCUT2D eigenvalue weighted by atomic mass is 15.3. The number of aromatic amines is 1. The van der Waals surface area contributed by atoms with Gasteiger partial charge in [-0.3, -0.25) is 0 Å². The van der Waals surface area contributed by atoms with Crippen LogP contribution in [0.4, 0.5) is 5.95 Å². The van der Waals surface area contributed by atoms with Crippen molar-refractivity contribution < 1.29 is 0 Å². The molecule has 0 bridgehead atoms. The van der Waals surface area contributed by atoms with Gasteiger partial charge in [0.05, 0.1) is 17.6 Å². The fourth-order valence-corrected chi connectivity index (χ4v) is 2.63. The third-order valence-electron chi connectivity index (χ3n) is 3.91. The zero-order valence-corrected chi connectivity index (χ0v) is 13.9. The summed E-state index contributed by atoms with van der Waals surface area (Å²) in [5, 5.41) is 8.87. The minimum absolute atomic E-state index is 0.540. The van der Waals surface area contributed by atoms with Gasteiger partial charge < -0.3 is 10.3 Å². The van der Waals surface area contributed by atoms with Crippen molar-refractivity contribution in [2.45, 2.75) is 20.8 Å². The van der Waals surface area contributed by atoms with Crippen molar-refractivity contribution in [3.63, 3.8) is 0 Å². The molecule has 0 aliphatic rings. The molecule has 0 fully saturated rings. The number of nitrogens with one attached hydrogen (secondary N) is 2. The van der Waals surface area contributed by atoms with Gasteiger partial charge in [0.25, 0.3) is 0 Å². The zero-order valence-electron chi connectivity index (χ0n) is 13.9. The molecule has 0 radical (unpaired) electrons. The van der Waals surface area contributed by atoms with Crippen molar-refractivity contribution in [3.05, 3.63) is 36.4 Å². The minimum Gasteiger partial charge on any atom is -0.354 e. The molecule has 7 heteroatoms. The van der Waals surface area contributed by atoms with E-state index in [2.05, 4.69) is 44.2 Å². The van der Waals surface area contributed by atoms with Gasteiger partial charge in [-0.15, -0.1) is 0 Å². The lowest BCUT2D eigenvalue weighted by Gasteiger charge is -2.07. The highest BCUT2D eigenvalue weighted by molar-refractivity contribution is 5.92. The van der Waals surface area contributed by atoms with Crippen LogP contribution in [0.25, 0.3) is 27.9 Å². The number of H-pyrrole nitrogens is 1. The predicted molar refractivity (Wildman–Crippen MR) is 93.9 cm³/mol. The smallest absolute Gasteiger partial charge is 0.224 e. The summed E-state index contributed by atoms with van der Waals surface area (Å²) >= 11 is 0. The number of hydrogen-bond acceptors (Lipinski definition) is 5. The minimum atomic E-state index is 0.540. The van der Waals surface area contributed by atoms with Crippen LogP contribution in [0.3, 0.4) is 0 Å². The van der Waals surface area contributed by atoms with Gasteiger partial charge in [-0.2, -0.15) is 10.1 Å². The summed E-state index contributed by atoms with van der Waals surface area (Å²) in [6.45, 7) is 7.13. The van der Waals surface area contributed by atoms with E-state index < -0.39 is 0 Å². The maximum atomic E-state index is 4.67. The van der Waals surface area contributed by atoms with Crippen molar-refractivity contribution in [2.75, 3.05) is 11.9 Å². The van der Waals surface area contributed by atoms with Crippen LogP contribution in [-0.2, 0) is 0 Å². The van der Waals surface area contributed by atoms with E-state index in [1.165, 1.54) is 0 Å². The van der Waals surface area contributed by atoms with Gasteiger partial charge in [-0.1, -0.05) is 13.8 Å². The van der Waals surface area contributed by atoms with E-state index in [1.54, 1.807) is 0 Å². The number of aryl methyl sites for hydroxylation is 1. The van der Waals surface area contributed by atoms with Gasteiger partial charge in [0.2, 0.25) is 5.95 Å². The molecule has 4 aromatic heterocycles. The number of imidazole rings is 1. The van der Waals surface area contributed by atoms with E-state index in [4.69, 9.17) is 0 Å². The Labute approximate surface area is 139 Å². The van der Waals surface area contributed by atoms with E-state index in [0.717, 1.165) is 40.2 Å². The van der Waals surface area contributed by atoms with Crippen molar-refractivity contribution in [1.82, 2.24) is 29.5 Å². The molecule has 0 spiro atoms. The molecule has 2 N–H and O–H groups in total. The van der Waals surface area contributed by atoms with Crippen LogP contribution >= 0.6 is 0 Å². The summed E-state index contributed by atoms with van der Waals surface area (Å²) in [4.78, 5) is 16.5. The Kier molecular flexibility index (Phi) is 3.41. The topological polar surface area (TPSA) is 83.8 Å². The van der Waals surface area contributed by atoms with Crippen molar-refractivity contribution in [3.8, 4) is 11.3 Å². The van der Waals surface area contributed by atoms with Gasteiger partial charge in [0, 0.05) is 29.9 Å². The molecule has 0 aromatic carbocycles. The molecule has 0 saturated carbocycles. The summed E-state index contributed by atoms with van der Waals surface area (Å²) in [7, 11) is 0. The van der Waals surface area contributed by atoms with Gasteiger partial charge in [-0.05, 0) is 25.0 Å². The van der Waals surface area contributed by atoms with Crippen molar-refractivity contribution in [1.29, 1.82) is 0 Å². The average molecular weight is 321 g/mol. The third kappa shape index (κ3) is 2.47. The Morgan fingerprint density at radius 1 is 1.21 bits per heavy atom. The molecule has 0 amide bonds. The molecule has 24 heavy (non-hydrogen) atoms. The predicted octanol–water partition coefficient (Wildman–Crippen LogP) is 3.04. The molecule has 0 aliphatic heterocycles. The summed E-state index contributed by atoms with van der Waals surface area (Å²) in [6, 6.07) is 3.93. The average Bonchev–Trinajstić information content (AvgIpc) is 3.16. The maximum Gasteiger partial charge on any atom is 0.224 e. The standard InChI is InChI=1S/C17H19N7/c1-10(2)6-20-17-21-9-13-12(8-19-16(13)22-17)14-4-5-15-18-7-11(3)24(15)23-14/h4-5,7-10H,6H2,1-3H3,(H2,19,20,21,22). The summed E-state index contributed by atoms with van der Waals surface area (Å²) < 4.78 is 1.84. The normalized spacial score (nSPS) is 11.7. The Hall–Kier alpha value is -2.96. The second-order valence-electron chi connectivity index (χ2n) is 6.32. The summed E-state index contributed by atoms with van der Waals surface area (Å²) in [5.41, 5.74) is 4.49. The first-order valence-corrected chi connectivity index (χ1v) is 8.01. The molecule has 0 atom stereocenters. The lowest BCUT2D eigenvalue weighted by molar-refractivity contribution is 0.685. The molecular weight excluding hydrogens is 302 g/mol. The fourth-order valence-electron chi connectivity index (χ4n) is 2.63. The van der Waals surface area contributed by atoms with Crippen LogP contribution < -0.4 is 5.32 Å². The highest BCUT2D eigenvalue weighted by Crippen LogP contribution is 2.26. The summed E-state index contributed by atoms with van der Waals surface area (Å²) in [6.07, 6.45) is 5.58. The SMILES string of the molecule is Cc1cnc2ccc(-c3c[nH]c4nc(NCC(C)C)ncc34)nn12. The fraction of sp³-hybridized carbons (Fsp3) is 0.294. The van der Waals surface area contributed by atoms with Crippen LogP contribution in [-0.4, -0.2) is 36.1 Å². The first-order chi connectivity index (χ1) is 11.6. The van der Waals surface area contributed by atoms with E-state index >= 15 is 0 Å². The Morgan fingerprint density at radius 3 is 2.92 bits per heavy atom. The Balaban J connectivity index is 1.74. The molecule has 7 nitrogen and oxygen atoms in total. The van der Waals surface area contributed by atoms with Crippen LogP contribution in [0.15, 0.2) is 30.7 Å². The van der Waals surface area contributed by atoms with Crippen LogP contribution in [0.1, 0.15) is 19.5 Å². The quantitative estimate of drug-likeness (QED) is 0.603. The first kappa shape index (κ1) is 14.6. The maximum absolute atomic E-state index is 4.67. The van der Waals surface area contributed by atoms with Crippen molar-refractivity contribution in [2.24, 2.45) is 5.92 Å². The summed E-state index contributed by atoms with van der Waals surface area (Å²) in [5.74, 6) is 1.18. The molecule has 0 saturated heterocycles. The van der Waals surface area contributed by atoms with Crippen LogP contribution in [0.2, 0.25) is 0 Å². The highest BCUT2D eigenvalue weighted by Gasteiger charge is 2.11. The largest absolute Gasteiger partial charge is 0.354 e. The van der Waals surface area contributed by atoms with E-state index in [0.29, 0.717) is 11.9 Å². The number of fused-ring (bicyclic) bond motifs is 2. The number of anilines is 1.